The fourth-order valence-corrected chi connectivity index (χ4v) is 2.32. The van der Waals surface area contributed by atoms with Crippen LogP contribution in [0.5, 0.6) is 0 Å². The van der Waals surface area contributed by atoms with Crippen LogP contribution in [-0.2, 0) is 11.3 Å². The van der Waals surface area contributed by atoms with Gasteiger partial charge in [0.05, 0.1) is 16.2 Å². The van der Waals surface area contributed by atoms with Crippen LogP contribution in [0.25, 0.3) is 11.4 Å². The summed E-state index contributed by atoms with van der Waals surface area (Å²) in [4.78, 5) is 32.6. The van der Waals surface area contributed by atoms with Gasteiger partial charge in [0, 0.05) is 44.2 Å². The Labute approximate surface area is 153 Å². The molecule has 138 valence electrons. The minimum Gasteiger partial charge on any atom is -0.452 e. The zero-order chi connectivity index (χ0) is 19.4. The summed E-state index contributed by atoms with van der Waals surface area (Å²) in [7, 11) is 3.44. The number of aromatic nitrogens is 3. The van der Waals surface area contributed by atoms with Crippen LogP contribution in [0.4, 0.5) is 11.4 Å². The molecule has 0 bridgehead atoms. The van der Waals surface area contributed by atoms with Crippen molar-refractivity contribution in [2.24, 2.45) is 0 Å². The second kappa shape index (κ2) is 7.60. The average molecular weight is 369 g/mol. The number of nitro benzene ring substituents is 1. The molecule has 0 atom stereocenters. The van der Waals surface area contributed by atoms with Crippen LogP contribution < -0.4 is 4.90 Å². The van der Waals surface area contributed by atoms with Crippen molar-refractivity contribution in [3.05, 3.63) is 64.3 Å². The van der Waals surface area contributed by atoms with Crippen molar-refractivity contribution in [3.8, 4) is 11.4 Å². The van der Waals surface area contributed by atoms with Crippen molar-refractivity contribution in [3.63, 3.8) is 0 Å². The first-order valence-corrected chi connectivity index (χ1v) is 7.81. The number of carbonyl (C=O) groups excluding carboxylic acids is 1. The van der Waals surface area contributed by atoms with Gasteiger partial charge in [0.1, 0.15) is 0 Å². The summed E-state index contributed by atoms with van der Waals surface area (Å²) in [5.41, 5.74) is 1.02. The van der Waals surface area contributed by atoms with Crippen LogP contribution in [0.15, 0.2) is 47.2 Å². The van der Waals surface area contributed by atoms with Gasteiger partial charge in [0.25, 0.3) is 11.6 Å². The lowest BCUT2D eigenvalue weighted by Crippen LogP contribution is -2.16. The average Bonchev–Trinajstić information content (AvgIpc) is 3.15. The van der Waals surface area contributed by atoms with E-state index < -0.39 is 10.9 Å². The van der Waals surface area contributed by atoms with Gasteiger partial charge in [0.15, 0.2) is 6.61 Å². The zero-order valence-corrected chi connectivity index (χ0v) is 14.5. The van der Waals surface area contributed by atoms with E-state index in [-0.39, 0.29) is 23.7 Å². The first-order valence-electron chi connectivity index (χ1n) is 7.81. The molecule has 1 aromatic carbocycles. The second-order valence-electron chi connectivity index (χ2n) is 5.68. The highest BCUT2D eigenvalue weighted by molar-refractivity contribution is 5.96. The lowest BCUT2D eigenvalue weighted by molar-refractivity contribution is -0.384. The highest BCUT2D eigenvalue weighted by Crippen LogP contribution is 2.25. The number of nitrogens with zero attached hydrogens (tertiary/aromatic N) is 5. The Bertz CT molecular complexity index is 971. The summed E-state index contributed by atoms with van der Waals surface area (Å²) < 4.78 is 10.2. The quantitative estimate of drug-likeness (QED) is 0.366. The van der Waals surface area contributed by atoms with E-state index in [1.165, 1.54) is 18.2 Å². The summed E-state index contributed by atoms with van der Waals surface area (Å²) in [6.07, 6.45) is 3.20. The van der Waals surface area contributed by atoms with E-state index in [1.807, 2.05) is 0 Å². The minimum atomic E-state index is -0.733. The Morgan fingerprint density at radius 3 is 2.81 bits per heavy atom. The Hall–Kier alpha value is -3.82. The molecule has 0 saturated carbocycles. The van der Waals surface area contributed by atoms with E-state index in [9.17, 15) is 14.9 Å². The standard InChI is InChI=1S/C17H15N5O5/c1-21(2)14-6-5-12(22(24)25)8-13(14)17(23)26-10-15-19-16(20-27-15)11-4-3-7-18-9-11/h3-9H,10H2,1-2H3. The maximum atomic E-state index is 12.4. The number of hydrogen-bond donors (Lipinski definition) is 0. The molecule has 2 heterocycles. The molecular formula is C17H15N5O5. The molecule has 0 aliphatic carbocycles. The van der Waals surface area contributed by atoms with Crippen LogP contribution in [0.3, 0.4) is 0 Å². The molecule has 3 rings (SSSR count). The van der Waals surface area contributed by atoms with Crippen molar-refractivity contribution in [2.45, 2.75) is 6.61 Å². The summed E-state index contributed by atoms with van der Waals surface area (Å²) in [5, 5.41) is 14.8. The number of non-ortho nitro benzene ring substituents is 1. The Morgan fingerprint density at radius 1 is 1.33 bits per heavy atom. The molecule has 2 aromatic heterocycles. The van der Waals surface area contributed by atoms with Gasteiger partial charge in [-0.25, -0.2) is 4.79 Å². The second-order valence-corrected chi connectivity index (χ2v) is 5.68. The van der Waals surface area contributed by atoms with E-state index in [0.29, 0.717) is 17.1 Å². The third kappa shape index (κ3) is 4.06. The molecule has 0 fully saturated rings. The first kappa shape index (κ1) is 18.0. The predicted octanol–water partition coefficient (Wildman–Crippen LogP) is 2.46. The van der Waals surface area contributed by atoms with E-state index in [1.54, 1.807) is 43.5 Å². The van der Waals surface area contributed by atoms with Gasteiger partial charge in [-0.15, -0.1) is 0 Å². The predicted molar refractivity (Wildman–Crippen MR) is 94.1 cm³/mol. The summed E-state index contributed by atoms with van der Waals surface area (Å²) in [5.74, 6) is -0.318. The molecule has 0 aliphatic heterocycles. The van der Waals surface area contributed by atoms with Gasteiger partial charge in [-0.2, -0.15) is 4.98 Å². The number of ether oxygens (including phenoxy) is 1. The monoisotopic (exact) mass is 369 g/mol. The number of rotatable bonds is 6. The van der Waals surface area contributed by atoms with Gasteiger partial charge in [-0.1, -0.05) is 5.16 Å². The molecule has 0 unspecified atom stereocenters. The smallest absolute Gasteiger partial charge is 0.341 e. The number of esters is 1. The van der Waals surface area contributed by atoms with E-state index in [4.69, 9.17) is 9.26 Å². The molecule has 0 radical (unpaired) electrons. The molecule has 3 aromatic rings. The maximum absolute atomic E-state index is 12.4. The highest BCUT2D eigenvalue weighted by atomic mass is 16.6. The molecule has 0 spiro atoms. The molecule has 10 heteroatoms. The number of nitro groups is 1. The fraction of sp³-hybridized carbons (Fsp3) is 0.176. The number of anilines is 1. The summed E-state index contributed by atoms with van der Waals surface area (Å²) >= 11 is 0. The fourth-order valence-electron chi connectivity index (χ4n) is 2.32. The maximum Gasteiger partial charge on any atom is 0.341 e. The van der Waals surface area contributed by atoms with Gasteiger partial charge >= 0.3 is 5.97 Å². The molecule has 0 amide bonds. The lowest BCUT2D eigenvalue weighted by atomic mass is 10.1. The van der Waals surface area contributed by atoms with E-state index in [0.717, 1.165) is 0 Å². The lowest BCUT2D eigenvalue weighted by Gasteiger charge is -2.16. The van der Waals surface area contributed by atoms with Crippen molar-refractivity contribution in [1.29, 1.82) is 0 Å². The van der Waals surface area contributed by atoms with E-state index >= 15 is 0 Å². The van der Waals surface area contributed by atoms with Gasteiger partial charge in [-0.05, 0) is 18.2 Å². The number of carbonyl (C=O) groups is 1. The number of benzene rings is 1. The van der Waals surface area contributed by atoms with E-state index in [2.05, 4.69) is 15.1 Å². The van der Waals surface area contributed by atoms with Crippen LogP contribution in [0.2, 0.25) is 0 Å². The molecule has 0 saturated heterocycles. The molecule has 27 heavy (non-hydrogen) atoms. The molecule has 10 nitrogen and oxygen atoms in total. The third-order valence-corrected chi connectivity index (χ3v) is 3.61. The van der Waals surface area contributed by atoms with Crippen molar-refractivity contribution in [1.82, 2.24) is 15.1 Å². The Balaban J connectivity index is 1.75. The number of pyridine rings is 1. The van der Waals surface area contributed by atoms with Crippen LogP contribution in [-0.4, -0.2) is 40.1 Å². The van der Waals surface area contributed by atoms with Crippen LogP contribution >= 0.6 is 0 Å². The van der Waals surface area contributed by atoms with Crippen molar-refractivity contribution < 1.29 is 19.0 Å². The zero-order valence-electron chi connectivity index (χ0n) is 14.5. The summed E-state index contributed by atoms with van der Waals surface area (Å²) in [6.45, 7) is -0.262. The van der Waals surface area contributed by atoms with Crippen molar-refractivity contribution in [2.75, 3.05) is 19.0 Å². The molecular weight excluding hydrogens is 354 g/mol. The topological polar surface area (TPSA) is 124 Å². The van der Waals surface area contributed by atoms with Gasteiger partial charge < -0.3 is 14.2 Å². The summed E-state index contributed by atoms with van der Waals surface area (Å²) in [6, 6.07) is 7.48. The third-order valence-electron chi connectivity index (χ3n) is 3.61. The molecule has 0 N–H and O–H groups in total. The Morgan fingerprint density at radius 2 is 2.15 bits per heavy atom. The SMILES string of the molecule is CN(C)c1ccc([N+](=O)[O-])cc1C(=O)OCc1nc(-c2cccnc2)no1. The van der Waals surface area contributed by atoms with Crippen molar-refractivity contribution >= 4 is 17.3 Å². The first-order chi connectivity index (χ1) is 13.0. The Kier molecular flexibility index (Phi) is 5.06. The minimum absolute atomic E-state index is 0.0706. The highest BCUT2D eigenvalue weighted by Gasteiger charge is 2.20. The largest absolute Gasteiger partial charge is 0.452 e. The normalized spacial score (nSPS) is 10.4. The van der Waals surface area contributed by atoms with Crippen LogP contribution in [0.1, 0.15) is 16.2 Å². The van der Waals surface area contributed by atoms with Crippen LogP contribution in [0, 0.1) is 10.1 Å². The van der Waals surface area contributed by atoms with Gasteiger partial charge in [0.2, 0.25) is 5.82 Å². The molecule has 0 aliphatic rings. The van der Waals surface area contributed by atoms with Gasteiger partial charge in [-0.3, -0.25) is 15.1 Å². The number of hydrogen-bond acceptors (Lipinski definition) is 9.